The third-order valence-corrected chi connectivity index (χ3v) is 1.35. The summed E-state index contributed by atoms with van der Waals surface area (Å²) in [6, 6.07) is 3.13. The second kappa shape index (κ2) is 5.35. The molecule has 0 spiro atoms. The maximum atomic E-state index is 12.5. The fourth-order valence-corrected chi connectivity index (χ4v) is 0.818. The van der Waals surface area contributed by atoms with Crippen molar-refractivity contribution < 1.29 is 17.6 Å². The summed E-state index contributed by atoms with van der Waals surface area (Å²) in [5.74, 6) is -1.06. The number of rotatable bonds is 0. The summed E-state index contributed by atoms with van der Waals surface area (Å²) in [7, 11) is 0. The fourth-order valence-electron chi connectivity index (χ4n) is 0.818. The minimum atomic E-state index is -4.62. The van der Waals surface area contributed by atoms with Crippen LogP contribution in [0.15, 0.2) is 18.2 Å². The van der Waals surface area contributed by atoms with Gasteiger partial charge in [-0.2, -0.15) is 18.4 Å². The van der Waals surface area contributed by atoms with Crippen molar-refractivity contribution in [1.82, 2.24) is 0 Å². The Labute approximate surface area is 85.0 Å². The van der Waals surface area contributed by atoms with Gasteiger partial charge in [-0.05, 0) is 18.2 Å². The third kappa shape index (κ3) is 3.98. The van der Waals surface area contributed by atoms with E-state index in [2.05, 4.69) is 0 Å². The Balaban J connectivity index is 0.000000921. The van der Waals surface area contributed by atoms with Crippen LogP contribution in [0.25, 0.3) is 0 Å². The molecule has 1 aromatic rings. The Morgan fingerprint density at radius 1 is 1.13 bits per heavy atom. The highest BCUT2D eigenvalue weighted by molar-refractivity contribution is 5.34. The standard InChI is InChI=1S/C8H3F4N.C2H6/c9-7-2-5(4-13)1-6(3-7)8(10,11)12;1-2/h1-3H;1-2H3. The third-order valence-electron chi connectivity index (χ3n) is 1.35. The molecule has 0 radical (unpaired) electrons. The lowest BCUT2D eigenvalue weighted by molar-refractivity contribution is -0.137. The van der Waals surface area contributed by atoms with Gasteiger partial charge in [-0.15, -0.1) is 0 Å². The molecule has 82 valence electrons. The molecule has 0 unspecified atom stereocenters. The Morgan fingerprint density at radius 2 is 1.67 bits per heavy atom. The first-order chi connectivity index (χ1) is 6.93. The summed E-state index contributed by atoms with van der Waals surface area (Å²) in [5, 5.41) is 8.27. The van der Waals surface area contributed by atoms with Crippen LogP contribution in [0.4, 0.5) is 17.6 Å². The molecule has 0 fully saturated rings. The van der Waals surface area contributed by atoms with Crippen LogP contribution in [0.2, 0.25) is 0 Å². The van der Waals surface area contributed by atoms with Crippen molar-refractivity contribution >= 4 is 0 Å². The molecule has 0 atom stereocenters. The number of nitrogens with zero attached hydrogens (tertiary/aromatic N) is 1. The van der Waals surface area contributed by atoms with Crippen molar-refractivity contribution in [3.8, 4) is 6.07 Å². The SMILES string of the molecule is CC.N#Cc1cc(F)cc(C(F)(F)F)c1. The topological polar surface area (TPSA) is 23.8 Å². The average molecular weight is 219 g/mol. The van der Waals surface area contributed by atoms with Gasteiger partial charge in [0.05, 0.1) is 17.2 Å². The molecular formula is C10H9F4N. The van der Waals surface area contributed by atoms with E-state index in [4.69, 9.17) is 5.26 Å². The highest BCUT2D eigenvalue weighted by atomic mass is 19.4. The molecule has 0 aliphatic heterocycles. The van der Waals surface area contributed by atoms with Gasteiger partial charge in [-0.25, -0.2) is 4.39 Å². The van der Waals surface area contributed by atoms with E-state index in [0.29, 0.717) is 12.1 Å². The minimum absolute atomic E-state index is 0.340. The van der Waals surface area contributed by atoms with Crippen LogP contribution in [-0.2, 0) is 6.18 Å². The van der Waals surface area contributed by atoms with E-state index in [1.807, 2.05) is 13.8 Å². The maximum absolute atomic E-state index is 12.5. The number of benzene rings is 1. The van der Waals surface area contributed by atoms with Crippen LogP contribution in [0.3, 0.4) is 0 Å². The molecule has 15 heavy (non-hydrogen) atoms. The molecular weight excluding hydrogens is 210 g/mol. The average Bonchev–Trinajstić information content (AvgIpc) is 2.18. The van der Waals surface area contributed by atoms with Crippen LogP contribution >= 0.6 is 0 Å². The smallest absolute Gasteiger partial charge is 0.207 e. The molecule has 1 aromatic carbocycles. The zero-order chi connectivity index (χ0) is 12.1. The van der Waals surface area contributed by atoms with Crippen molar-refractivity contribution in [2.24, 2.45) is 0 Å². The number of halogens is 4. The van der Waals surface area contributed by atoms with Crippen molar-refractivity contribution in [3.63, 3.8) is 0 Å². The van der Waals surface area contributed by atoms with Gasteiger partial charge in [-0.1, -0.05) is 13.8 Å². The monoisotopic (exact) mass is 219 g/mol. The predicted molar refractivity (Wildman–Crippen MR) is 47.5 cm³/mol. The van der Waals surface area contributed by atoms with Gasteiger partial charge < -0.3 is 0 Å². The first-order valence-electron chi connectivity index (χ1n) is 4.21. The zero-order valence-corrected chi connectivity index (χ0v) is 8.19. The molecule has 5 heteroatoms. The van der Waals surface area contributed by atoms with Gasteiger partial charge >= 0.3 is 6.18 Å². The predicted octanol–water partition coefficient (Wildman–Crippen LogP) is 3.74. The fraction of sp³-hybridized carbons (Fsp3) is 0.300. The van der Waals surface area contributed by atoms with Gasteiger partial charge in [0.2, 0.25) is 0 Å². The van der Waals surface area contributed by atoms with E-state index in [0.717, 1.165) is 6.07 Å². The lowest BCUT2D eigenvalue weighted by atomic mass is 10.1. The van der Waals surface area contributed by atoms with Crippen molar-refractivity contribution in [3.05, 3.63) is 35.1 Å². The summed E-state index contributed by atoms with van der Waals surface area (Å²) in [6.07, 6.45) is -4.62. The van der Waals surface area contributed by atoms with Gasteiger partial charge in [-0.3, -0.25) is 0 Å². The van der Waals surface area contributed by atoms with E-state index < -0.39 is 17.6 Å². The summed E-state index contributed by atoms with van der Waals surface area (Å²) in [4.78, 5) is 0. The molecule has 0 N–H and O–H groups in total. The minimum Gasteiger partial charge on any atom is -0.207 e. The van der Waals surface area contributed by atoms with Crippen LogP contribution in [0.5, 0.6) is 0 Å². The summed E-state index contributed by atoms with van der Waals surface area (Å²) in [5.41, 5.74) is -1.49. The summed E-state index contributed by atoms with van der Waals surface area (Å²) >= 11 is 0. The molecule has 0 amide bonds. The molecule has 0 aliphatic carbocycles. The number of hydrogen-bond donors (Lipinski definition) is 0. The summed E-state index contributed by atoms with van der Waals surface area (Å²) < 4.78 is 48.5. The number of hydrogen-bond acceptors (Lipinski definition) is 1. The van der Waals surface area contributed by atoms with Crippen molar-refractivity contribution in [2.75, 3.05) is 0 Å². The molecule has 0 bridgehead atoms. The Bertz CT molecular complexity index is 363. The largest absolute Gasteiger partial charge is 0.416 e. The quantitative estimate of drug-likeness (QED) is 0.609. The highest BCUT2D eigenvalue weighted by Gasteiger charge is 2.31. The van der Waals surface area contributed by atoms with E-state index in [1.165, 1.54) is 6.07 Å². The summed E-state index contributed by atoms with van der Waals surface area (Å²) in [6.45, 7) is 4.00. The highest BCUT2D eigenvalue weighted by Crippen LogP contribution is 2.30. The van der Waals surface area contributed by atoms with Crippen LogP contribution in [-0.4, -0.2) is 0 Å². The van der Waals surface area contributed by atoms with Crippen LogP contribution < -0.4 is 0 Å². The Morgan fingerprint density at radius 3 is 2.07 bits per heavy atom. The first-order valence-corrected chi connectivity index (χ1v) is 4.21. The second-order valence-corrected chi connectivity index (χ2v) is 2.34. The molecule has 0 aliphatic rings. The van der Waals surface area contributed by atoms with Crippen molar-refractivity contribution in [1.29, 1.82) is 5.26 Å². The molecule has 1 nitrogen and oxygen atoms in total. The normalized spacial score (nSPS) is 9.93. The van der Waals surface area contributed by atoms with Crippen LogP contribution in [0.1, 0.15) is 25.0 Å². The van der Waals surface area contributed by atoms with Crippen molar-refractivity contribution in [2.45, 2.75) is 20.0 Å². The Kier molecular flexibility index (Phi) is 4.79. The molecule has 1 rings (SSSR count). The van der Waals surface area contributed by atoms with Gasteiger partial charge in [0.15, 0.2) is 0 Å². The van der Waals surface area contributed by atoms with E-state index in [-0.39, 0.29) is 5.56 Å². The first kappa shape index (κ1) is 13.4. The second-order valence-electron chi connectivity index (χ2n) is 2.34. The Hall–Kier alpha value is -1.57. The van der Waals surface area contributed by atoms with E-state index in [1.54, 1.807) is 0 Å². The number of alkyl halides is 3. The molecule has 0 aromatic heterocycles. The van der Waals surface area contributed by atoms with Gasteiger partial charge in [0.25, 0.3) is 0 Å². The number of nitriles is 1. The zero-order valence-electron chi connectivity index (χ0n) is 8.19. The lowest BCUT2D eigenvalue weighted by Crippen LogP contribution is -2.05. The van der Waals surface area contributed by atoms with E-state index in [9.17, 15) is 17.6 Å². The maximum Gasteiger partial charge on any atom is 0.416 e. The molecule has 0 saturated carbocycles. The van der Waals surface area contributed by atoms with E-state index >= 15 is 0 Å². The van der Waals surface area contributed by atoms with Gasteiger partial charge in [0.1, 0.15) is 5.82 Å². The molecule has 0 saturated heterocycles. The van der Waals surface area contributed by atoms with Crippen LogP contribution in [0, 0.1) is 17.1 Å². The van der Waals surface area contributed by atoms with Gasteiger partial charge in [0, 0.05) is 0 Å². The lowest BCUT2D eigenvalue weighted by Gasteiger charge is -2.06. The molecule has 0 heterocycles.